The molecule has 0 unspecified atom stereocenters. The van der Waals surface area contributed by atoms with Crippen LogP contribution in [0.15, 0.2) is 42.5 Å². The number of ether oxygens (including phenoxy) is 1. The molecule has 2 aromatic rings. The molecule has 0 amide bonds. The normalized spacial score (nSPS) is 11.4. The smallest absolute Gasteiger partial charge is 0.215 e. The van der Waals surface area contributed by atoms with Crippen LogP contribution in [0.1, 0.15) is 16.7 Å². The molecule has 0 saturated carbocycles. The van der Waals surface area contributed by atoms with Crippen molar-refractivity contribution in [3.8, 4) is 5.75 Å². The maximum atomic E-state index is 12.8. The Morgan fingerprint density at radius 1 is 1.09 bits per heavy atom. The molecule has 0 aliphatic carbocycles. The van der Waals surface area contributed by atoms with Crippen molar-refractivity contribution in [2.75, 3.05) is 13.2 Å². The number of rotatable bonds is 7. The van der Waals surface area contributed by atoms with E-state index in [1.807, 2.05) is 32.0 Å². The lowest BCUT2D eigenvalue weighted by Crippen LogP contribution is -2.29. The van der Waals surface area contributed by atoms with E-state index in [1.54, 1.807) is 0 Å². The zero-order valence-electron chi connectivity index (χ0n) is 13.2. The Bertz CT molecular complexity index is 758. The minimum Gasteiger partial charge on any atom is -0.492 e. The highest BCUT2D eigenvalue weighted by Crippen LogP contribution is 2.18. The van der Waals surface area contributed by atoms with E-state index in [0.29, 0.717) is 5.56 Å². The molecule has 6 heteroatoms. The predicted molar refractivity (Wildman–Crippen MR) is 88.4 cm³/mol. The number of nitrogens with one attached hydrogen (secondary N) is 1. The minimum absolute atomic E-state index is 0.177. The molecule has 0 radical (unpaired) electrons. The fourth-order valence-electron chi connectivity index (χ4n) is 2.17. The van der Waals surface area contributed by atoms with Crippen LogP contribution in [0.2, 0.25) is 0 Å². The standard InChI is InChI=1S/C17H20FNO3S/c1-13-3-8-17(14(2)11-13)22-10-9-19-23(20,21)12-15-4-6-16(18)7-5-15/h3-8,11,19H,9-10,12H2,1-2H3. The van der Waals surface area contributed by atoms with Crippen molar-refractivity contribution >= 4 is 10.0 Å². The van der Waals surface area contributed by atoms with Crippen molar-refractivity contribution < 1.29 is 17.5 Å². The molecule has 4 nitrogen and oxygen atoms in total. The van der Waals surface area contributed by atoms with Gasteiger partial charge in [-0.25, -0.2) is 17.5 Å². The van der Waals surface area contributed by atoms with Crippen LogP contribution in [-0.2, 0) is 15.8 Å². The zero-order chi connectivity index (χ0) is 16.9. The number of halogens is 1. The largest absolute Gasteiger partial charge is 0.492 e. The van der Waals surface area contributed by atoms with Gasteiger partial charge in [0.15, 0.2) is 0 Å². The van der Waals surface area contributed by atoms with E-state index in [2.05, 4.69) is 4.72 Å². The van der Waals surface area contributed by atoms with Gasteiger partial charge in [-0.15, -0.1) is 0 Å². The first-order valence-corrected chi connectivity index (χ1v) is 8.93. The molecule has 0 aromatic heterocycles. The van der Waals surface area contributed by atoms with Crippen LogP contribution in [0.5, 0.6) is 5.75 Å². The molecule has 0 aliphatic rings. The van der Waals surface area contributed by atoms with Gasteiger partial charge in [0.2, 0.25) is 10.0 Å². The third-order valence-electron chi connectivity index (χ3n) is 3.28. The predicted octanol–water partition coefficient (Wildman–Crippen LogP) is 2.94. The van der Waals surface area contributed by atoms with Crippen LogP contribution < -0.4 is 9.46 Å². The van der Waals surface area contributed by atoms with E-state index < -0.39 is 10.0 Å². The average molecular weight is 337 g/mol. The molecule has 23 heavy (non-hydrogen) atoms. The molecule has 0 spiro atoms. The van der Waals surface area contributed by atoms with Crippen LogP contribution in [0.25, 0.3) is 0 Å². The Balaban J connectivity index is 1.81. The van der Waals surface area contributed by atoms with Crippen LogP contribution in [-0.4, -0.2) is 21.6 Å². The van der Waals surface area contributed by atoms with E-state index in [-0.39, 0.29) is 24.7 Å². The lowest BCUT2D eigenvalue weighted by Gasteiger charge is -2.11. The maximum absolute atomic E-state index is 12.8. The van der Waals surface area contributed by atoms with Crippen molar-refractivity contribution in [2.24, 2.45) is 0 Å². The summed E-state index contributed by atoms with van der Waals surface area (Å²) in [6.45, 7) is 4.37. The van der Waals surface area contributed by atoms with Gasteiger partial charge in [0, 0.05) is 6.54 Å². The number of aryl methyl sites for hydroxylation is 2. The highest BCUT2D eigenvalue weighted by Gasteiger charge is 2.11. The third-order valence-corrected chi connectivity index (χ3v) is 4.64. The van der Waals surface area contributed by atoms with Crippen molar-refractivity contribution in [3.05, 3.63) is 65.0 Å². The van der Waals surface area contributed by atoms with E-state index in [4.69, 9.17) is 4.74 Å². The number of benzene rings is 2. The third kappa shape index (κ3) is 5.65. The van der Waals surface area contributed by atoms with Crippen molar-refractivity contribution in [3.63, 3.8) is 0 Å². The molecule has 0 bridgehead atoms. The molecule has 2 aromatic carbocycles. The molecular formula is C17H20FNO3S. The highest BCUT2D eigenvalue weighted by molar-refractivity contribution is 7.88. The second-order valence-corrected chi connectivity index (χ2v) is 7.20. The Kier molecular flexibility index (Phi) is 5.74. The van der Waals surface area contributed by atoms with Crippen LogP contribution in [0.3, 0.4) is 0 Å². The number of sulfonamides is 1. The summed E-state index contributed by atoms with van der Waals surface area (Å²) >= 11 is 0. The van der Waals surface area contributed by atoms with E-state index in [1.165, 1.54) is 24.3 Å². The first kappa shape index (κ1) is 17.4. The van der Waals surface area contributed by atoms with Gasteiger partial charge in [0.05, 0.1) is 5.75 Å². The fraction of sp³-hybridized carbons (Fsp3) is 0.294. The molecule has 0 fully saturated rings. The quantitative estimate of drug-likeness (QED) is 0.790. The molecular weight excluding hydrogens is 317 g/mol. The number of hydrogen-bond acceptors (Lipinski definition) is 3. The average Bonchev–Trinajstić information content (AvgIpc) is 2.47. The Labute approximate surface area is 136 Å². The Morgan fingerprint density at radius 3 is 2.43 bits per heavy atom. The SMILES string of the molecule is Cc1ccc(OCCNS(=O)(=O)Cc2ccc(F)cc2)c(C)c1. The summed E-state index contributed by atoms with van der Waals surface area (Å²) in [4.78, 5) is 0. The summed E-state index contributed by atoms with van der Waals surface area (Å²) < 4.78 is 44.8. The van der Waals surface area contributed by atoms with Gasteiger partial charge in [-0.05, 0) is 43.2 Å². The van der Waals surface area contributed by atoms with Gasteiger partial charge in [-0.2, -0.15) is 0 Å². The minimum atomic E-state index is -3.47. The molecule has 2 rings (SSSR count). The summed E-state index contributed by atoms with van der Waals surface area (Å²) in [7, 11) is -3.47. The fourth-order valence-corrected chi connectivity index (χ4v) is 3.30. The van der Waals surface area contributed by atoms with Gasteiger partial charge in [0.25, 0.3) is 0 Å². The second kappa shape index (κ2) is 7.57. The van der Waals surface area contributed by atoms with Gasteiger partial charge < -0.3 is 4.74 Å². The zero-order valence-corrected chi connectivity index (χ0v) is 14.0. The molecule has 1 N–H and O–H groups in total. The van der Waals surface area contributed by atoms with E-state index in [9.17, 15) is 12.8 Å². The summed E-state index contributed by atoms with van der Waals surface area (Å²) in [5, 5.41) is 0. The summed E-state index contributed by atoms with van der Waals surface area (Å²) in [6, 6.07) is 11.2. The maximum Gasteiger partial charge on any atom is 0.215 e. The van der Waals surface area contributed by atoms with Crippen LogP contribution in [0, 0.1) is 19.7 Å². The topological polar surface area (TPSA) is 55.4 Å². The molecule has 0 saturated heterocycles. The lowest BCUT2D eigenvalue weighted by molar-refractivity contribution is 0.320. The first-order valence-electron chi connectivity index (χ1n) is 7.27. The first-order chi connectivity index (χ1) is 10.9. The number of hydrogen-bond donors (Lipinski definition) is 1. The Hall–Kier alpha value is -1.92. The Morgan fingerprint density at radius 2 is 1.78 bits per heavy atom. The molecule has 0 atom stereocenters. The van der Waals surface area contributed by atoms with E-state index >= 15 is 0 Å². The highest BCUT2D eigenvalue weighted by atomic mass is 32.2. The van der Waals surface area contributed by atoms with E-state index in [0.717, 1.165) is 16.9 Å². The van der Waals surface area contributed by atoms with Crippen LogP contribution in [0.4, 0.5) is 4.39 Å². The van der Waals surface area contributed by atoms with Gasteiger partial charge in [-0.1, -0.05) is 29.8 Å². The van der Waals surface area contributed by atoms with Crippen LogP contribution >= 0.6 is 0 Å². The molecule has 0 aliphatic heterocycles. The lowest BCUT2D eigenvalue weighted by atomic mass is 10.1. The summed E-state index contributed by atoms with van der Waals surface area (Å²) in [5.74, 6) is 0.172. The summed E-state index contributed by atoms with van der Waals surface area (Å²) in [6.07, 6.45) is 0. The summed E-state index contributed by atoms with van der Waals surface area (Å²) in [5.41, 5.74) is 2.70. The van der Waals surface area contributed by atoms with Crippen molar-refractivity contribution in [2.45, 2.75) is 19.6 Å². The van der Waals surface area contributed by atoms with Crippen molar-refractivity contribution in [1.29, 1.82) is 0 Å². The van der Waals surface area contributed by atoms with Gasteiger partial charge in [-0.3, -0.25) is 0 Å². The van der Waals surface area contributed by atoms with Crippen molar-refractivity contribution in [1.82, 2.24) is 4.72 Å². The molecule has 0 heterocycles. The second-order valence-electron chi connectivity index (χ2n) is 5.40. The van der Waals surface area contributed by atoms with Gasteiger partial charge >= 0.3 is 0 Å². The molecule has 124 valence electrons. The monoisotopic (exact) mass is 337 g/mol. The van der Waals surface area contributed by atoms with Gasteiger partial charge in [0.1, 0.15) is 18.2 Å².